The van der Waals surface area contributed by atoms with E-state index in [-0.39, 0.29) is 25.7 Å². The molecule has 8 heteroatoms. The van der Waals surface area contributed by atoms with Gasteiger partial charge in [-0.1, -0.05) is 60.7 Å². The molecule has 0 aromatic heterocycles. The van der Waals surface area contributed by atoms with Crippen molar-refractivity contribution in [1.29, 1.82) is 0 Å². The maximum absolute atomic E-state index is 12.9. The molecule has 172 valence electrons. The molecule has 2 aromatic carbocycles. The molecular weight excluding hydrogens is 412 g/mol. The molecule has 0 aliphatic carbocycles. The lowest BCUT2D eigenvalue weighted by molar-refractivity contribution is 0.0123. The molecule has 2 aromatic rings. The van der Waals surface area contributed by atoms with Crippen LogP contribution in [0.2, 0.25) is 0 Å². The number of carbonyl (C=O) groups is 2. The monoisotopic (exact) mass is 442 g/mol. The number of hydrogen-bond acceptors (Lipinski definition) is 6. The van der Waals surface area contributed by atoms with Crippen LogP contribution in [0.1, 0.15) is 30.4 Å². The van der Waals surface area contributed by atoms with Crippen LogP contribution >= 0.6 is 0 Å². The summed E-state index contributed by atoms with van der Waals surface area (Å²) in [6, 6.07) is 17.8. The van der Waals surface area contributed by atoms with Gasteiger partial charge in [0.15, 0.2) is 0 Å². The molecule has 1 aliphatic rings. The Kier molecular flexibility index (Phi) is 9.34. The fourth-order valence-corrected chi connectivity index (χ4v) is 3.56. The van der Waals surface area contributed by atoms with Gasteiger partial charge in [-0.3, -0.25) is 0 Å². The van der Waals surface area contributed by atoms with Gasteiger partial charge in [0.1, 0.15) is 13.2 Å². The third-order valence-electron chi connectivity index (χ3n) is 5.35. The van der Waals surface area contributed by atoms with E-state index in [9.17, 15) is 14.7 Å². The second-order valence-corrected chi connectivity index (χ2v) is 7.71. The Morgan fingerprint density at radius 1 is 0.969 bits per heavy atom. The minimum atomic E-state index is -0.795. The Balaban J connectivity index is 1.63. The van der Waals surface area contributed by atoms with E-state index >= 15 is 0 Å². The van der Waals surface area contributed by atoms with Gasteiger partial charge in [-0.15, -0.1) is 0 Å². The predicted octanol–water partition coefficient (Wildman–Crippen LogP) is 3.64. The summed E-state index contributed by atoms with van der Waals surface area (Å²) in [4.78, 5) is 25.3. The van der Waals surface area contributed by atoms with Gasteiger partial charge in [0, 0.05) is 13.2 Å². The molecule has 3 rings (SSSR count). The molecule has 0 bridgehead atoms. The van der Waals surface area contributed by atoms with E-state index in [1.807, 2.05) is 60.7 Å². The van der Waals surface area contributed by atoms with Gasteiger partial charge < -0.3 is 19.3 Å². The Morgan fingerprint density at radius 3 is 2.09 bits per heavy atom. The van der Waals surface area contributed by atoms with E-state index in [2.05, 4.69) is 5.43 Å². The number of nitrogens with zero attached hydrogens (tertiary/aromatic N) is 1. The van der Waals surface area contributed by atoms with E-state index in [1.54, 1.807) is 0 Å². The molecule has 2 N–H and O–H groups in total. The lowest BCUT2D eigenvalue weighted by Gasteiger charge is -2.33. The second kappa shape index (κ2) is 12.7. The first-order valence-electron chi connectivity index (χ1n) is 10.8. The first-order chi connectivity index (χ1) is 15.7. The summed E-state index contributed by atoms with van der Waals surface area (Å²) >= 11 is 0. The van der Waals surface area contributed by atoms with Crippen LogP contribution in [0.5, 0.6) is 0 Å². The van der Waals surface area contributed by atoms with Gasteiger partial charge in [0.25, 0.3) is 0 Å². The van der Waals surface area contributed by atoms with E-state index in [1.165, 1.54) is 0 Å². The van der Waals surface area contributed by atoms with Crippen LogP contribution < -0.4 is 5.43 Å². The smallest absolute Gasteiger partial charge is 0.429 e. The number of nitrogens with one attached hydrogen (secondary N) is 1. The number of hydrazine groups is 1. The number of amides is 2. The number of aliphatic hydroxyl groups excluding tert-OH is 1. The maximum atomic E-state index is 12.9. The maximum Gasteiger partial charge on any atom is 0.429 e. The SMILES string of the molecule is O=C(NN(C(=O)OCc1ccccc1)[C@H](CO)CC1CCOCC1)OCc1ccccc1. The largest absolute Gasteiger partial charge is 0.443 e. The third kappa shape index (κ3) is 7.55. The Morgan fingerprint density at radius 2 is 1.53 bits per heavy atom. The lowest BCUT2D eigenvalue weighted by Crippen LogP contribution is -2.54. The molecule has 0 saturated carbocycles. The molecule has 1 atom stereocenters. The van der Waals surface area contributed by atoms with Crippen LogP contribution in [0, 0.1) is 5.92 Å². The second-order valence-electron chi connectivity index (χ2n) is 7.71. The molecule has 1 saturated heterocycles. The number of hydrogen-bond donors (Lipinski definition) is 2. The van der Waals surface area contributed by atoms with E-state index in [0.717, 1.165) is 29.0 Å². The number of aliphatic hydroxyl groups is 1. The molecule has 32 heavy (non-hydrogen) atoms. The van der Waals surface area contributed by atoms with Gasteiger partial charge in [-0.25, -0.2) is 20.0 Å². The van der Waals surface area contributed by atoms with Gasteiger partial charge >= 0.3 is 12.2 Å². The highest BCUT2D eigenvalue weighted by Gasteiger charge is 2.30. The van der Waals surface area contributed by atoms with Crippen molar-refractivity contribution in [3.05, 3.63) is 71.8 Å². The van der Waals surface area contributed by atoms with Crippen molar-refractivity contribution in [3.63, 3.8) is 0 Å². The Bertz CT molecular complexity index is 827. The van der Waals surface area contributed by atoms with Crippen molar-refractivity contribution >= 4 is 12.2 Å². The summed E-state index contributed by atoms with van der Waals surface area (Å²) in [6.07, 6.45) is 0.635. The highest BCUT2D eigenvalue weighted by molar-refractivity contribution is 5.74. The van der Waals surface area contributed by atoms with Crippen molar-refractivity contribution < 1.29 is 28.9 Å². The van der Waals surface area contributed by atoms with E-state index in [0.29, 0.717) is 19.6 Å². The Hall–Kier alpha value is -3.10. The van der Waals surface area contributed by atoms with Crippen molar-refractivity contribution in [2.75, 3.05) is 19.8 Å². The number of ether oxygens (including phenoxy) is 3. The zero-order valence-corrected chi connectivity index (χ0v) is 18.0. The average Bonchev–Trinajstić information content (AvgIpc) is 2.85. The highest BCUT2D eigenvalue weighted by Crippen LogP contribution is 2.22. The minimum absolute atomic E-state index is 0.0479. The fourth-order valence-electron chi connectivity index (χ4n) is 3.56. The first kappa shape index (κ1) is 23.6. The van der Waals surface area contributed by atoms with E-state index in [4.69, 9.17) is 14.2 Å². The molecule has 1 fully saturated rings. The average molecular weight is 443 g/mol. The normalized spacial score (nSPS) is 14.9. The van der Waals surface area contributed by atoms with E-state index < -0.39 is 18.2 Å². The molecular formula is C24H30N2O6. The lowest BCUT2D eigenvalue weighted by atomic mass is 9.92. The van der Waals surface area contributed by atoms with Crippen molar-refractivity contribution in [2.45, 2.75) is 38.5 Å². The zero-order valence-electron chi connectivity index (χ0n) is 18.0. The van der Waals surface area contributed by atoms with Crippen molar-refractivity contribution in [2.24, 2.45) is 5.92 Å². The van der Waals surface area contributed by atoms with Gasteiger partial charge in [-0.2, -0.15) is 0 Å². The summed E-state index contributed by atoms with van der Waals surface area (Å²) in [6.45, 7) is 1.08. The standard InChI is InChI=1S/C24H30N2O6/c27-16-22(15-19-11-13-30-14-12-19)26(24(29)32-18-21-9-5-2-6-10-21)25-23(28)31-17-20-7-3-1-4-8-20/h1-10,19,22,27H,11-18H2,(H,25,28)/t22-/m0/s1. The molecule has 8 nitrogen and oxygen atoms in total. The molecule has 0 spiro atoms. The third-order valence-corrected chi connectivity index (χ3v) is 5.35. The van der Waals surface area contributed by atoms with Crippen LogP contribution in [0.25, 0.3) is 0 Å². The molecule has 2 amide bonds. The molecule has 1 heterocycles. The number of rotatable bonds is 8. The van der Waals surface area contributed by atoms with Crippen LogP contribution in [0.15, 0.2) is 60.7 Å². The van der Waals surface area contributed by atoms with Gasteiger partial charge in [0.05, 0.1) is 12.6 Å². The van der Waals surface area contributed by atoms with Gasteiger partial charge in [-0.05, 0) is 36.3 Å². The summed E-state index contributed by atoms with van der Waals surface area (Å²) < 4.78 is 16.1. The van der Waals surface area contributed by atoms with Crippen molar-refractivity contribution in [3.8, 4) is 0 Å². The van der Waals surface area contributed by atoms with Crippen LogP contribution in [-0.2, 0) is 27.4 Å². The van der Waals surface area contributed by atoms with Crippen LogP contribution in [-0.4, -0.2) is 48.2 Å². The predicted molar refractivity (Wildman–Crippen MR) is 117 cm³/mol. The van der Waals surface area contributed by atoms with Crippen molar-refractivity contribution in [1.82, 2.24) is 10.4 Å². The Labute approximate surface area is 188 Å². The topological polar surface area (TPSA) is 97.3 Å². The summed E-state index contributed by atoms with van der Waals surface area (Å²) in [7, 11) is 0. The zero-order chi connectivity index (χ0) is 22.6. The molecule has 0 radical (unpaired) electrons. The van der Waals surface area contributed by atoms with Crippen LogP contribution in [0.4, 0.5) is 9.59 Å². The first-order valence-corrected chi connectivity index (χ1v) is 10.8. The number of carbonyl (C=O) groups excluding carboxylic acids is 2. The molecule has 0 unspecified atom stereocenters. The number of benzene rings is 2. The highest BCUT2D eigenvalue weighted by atomic mass is 16.6. The van der Waals surface area contributed by atoms with Gasteiger partial charge in [0.2, 0.25) is 0 Å². The van der Waals surface area contributed by atoms with Crippen LogP contribution in [0.3, 0.4) is 0 Å². The summed E-state index contributed by atoms with van der Waals surface area (Å²) in [5.74, 6) is 0.271. The quantitative estimate of drug-likeness (QED) is 0.606. The minimum Gasteiger partial charge on any atom is -0.443 e. The fraction of sp³-hybridized carbons (Fsp3) is 0.417. The summed E-state index contributed by atoms with van der Waals surface area (Å²) in [5, 5.41) is 11.1. The summed E-state index contributed by atoms with van der Waals surface area (Å²) in [5.41, 5.74) is 4.11. The molecule has 1 aliphatic heterocycles.